The highest BCUT2D eigenvalue weighted by molar-refractivity contribution is 5.78. The molecule has 0 aromatic rings. The van der Waals surface area contributed by atoms with Crippen molar-refractivity contribution in [1.29, 1.82) is 0 Å². The van der Waals surface area contributed by atoms with Crippen LogP contribution in [0.2, 0.25) is 0 Å². The van der Waals surface area contributed by atoms with Crippen LogP contribution >= 0.6 is 0 Å². The Morgan fingerprint density at radius 3 is 2.78 bits per heavy atom. The Labute approximate surface area is 109 Å². The number of rotatable bonds is 5. The van der Waals surface area contributed by atoms with Gasteiger partial charge in [-0.1, -0.05) is 0 Å². The number of amides is 1. The number of morpholine rings is 1. The zero-order valence-electron chi connectivity index (χ0n) is 11.4. The Morgan fingerprint density at radius 2 is 2.11 bits per heavy atom. The molecule has 2 rings (SSSR count). The molecule has 2 fully saturated rings. The molecule has 104 valence electrons. The van der Waals surface area contributed by atoms with Gasteiger partial charge in [0, 0.05) is 32.2 Å². The molecule has 2 aliphatic heterocycles. The van der Waals surface area contributed by atoms with Crippen LogP contribution in [0.4, 0.5) is 0 Å². The molecule has 0 saturated carbocycles. The highest BCUT2D eigenvalue weighted by Gasteiger charge is 2.22. The van der Waals surface area contributed by atoms with Gasteiger partial charge in [0.25, 0.3) is 0 Å². The number of nitrogens with one attached hydrogen (secondary N) is 1. The fourth-order valence-electron chi connectivity index (χ4n) is 2.65. The van der Waals surface area contributed by atoms with Gasteiger partial charge in [0.05, 0.1) is 19.8 Å². The van der Waals surface area contributed by atoms with Crippen molar-refractivity contribution in [3.63, 3.8) is 0 Å². The lowest BCUT2D eigenvalue weighted by Crippen LogP contribution is -2.44. The summed E-state index contributed by atoms with van der Waals surface area (Å²) in [6.45, 7) is 9.12. The van der Waals surface area contributed by atoms with Gasteiger partial charge in [-0.2, -0.15) is 0 Å². The van der Waals surface area contributed by atoms with Gasteiger partial charge in [0.1, 0.15) is 0 Å². The summed E-state index contributed by atoms with van der Waals surface area (Å²) in [5.74, 6) is 0.164. The van der Waals surface area contributed by atoms with E-state index in [2.05, 4.69) is 22.0 Å². The smallest absolute Gasteiger partial charge is 0.234 e. The second-order valence-corrected chi connectivity index (χ2v) is 5.27. The summed E-state index contributed by atoms with van der Waals surface area (Å²) in [7, 11) is 0. The third-order valence-electron chi connectivity index (χ3n) is 3.89. The highest BCUT2D eigenvalue weighted by atomic mass is 16.5. The van der Waals surface area contributed by atoms with Crippen LogP contribution in [0.25, 0.3) is 0 Å². The van der Waals surface area contributed by atoms with Crippen molar-refractivity contribution in [2.45, 2.75) is 25.8 Å². The zero-order valence-corrected chi connectivity index (χ0v) is 11.4. The maximum absolute atomic E-state index is 11.8. The molecule has 0 aromatic carbocycles. The summed E-state index contributed by atoms with van der Waals surface area (Å²) in [6, 6.07) is 0.565. The van der Waals surface area contributed by atoms with E-state index in [4.69, 9.17) is 4.74 Å². The zero-order chi connectivity index (χ0) is 12.8. The Bertz CT molecular complexity index is 267. The summed E-state index contributed by atoms with van der Waals surface area (Å²) in [6.07, 6.45) is 2.45. The third kappa shape index (κ3) is 4.23. The quantitative estimate of drug-likeness (QED) is 0.746. The van der Waals surface area contributed by atoms with Crippen LogP contribution in [0.1, 0.15) is 19.8 Å². The fraction of sp³-hybridized carbons (Fsp3) is 0.923. The first-order valence-electron chi connectivity index (χ1n) is 7.06. The molecule has 1 amide bonds. The number of nitrogens with zero attached hydrogens (tertiary/aromatic N) is 2. The van der Waals surface area contributed by atoms with Crippen molar-refractivity contribution < 1.29 is 9.53 Å². The number of carbonyl (C=O) groups is 1. The Balaban J connectivity index is 1.56. The summed E-state index contributed by atoms with van der Waals surface area (Å²) >= 11 is 0. The van der Waals surface area contributed by atoms with Crippen molar-refractivity contribution in [3.05, 3.63) is 0 Å². The summed E-state index contributed by atoms with van der Waals surface area (Å²) in [4.78, 5) is 16.4. The molecule has 5 heteroatoms. The van der Waals surface area contributed by atoms with E-state index in [-0.39, 0.29) is 5.91 Å². The van der Waals surface area contributed by atoms with Crippen LogP contribution in [-0.4, -0.2) is 74.2 Å². The average Bonchev–Trinajstić information content (AvgIpc) is 2.76. The first-order valence-corrected chi connectivity index (χ1v) is 7.06. The van der Waals surface area contributed by atoms with Gasteiger partial charge in [-0.25, -0.2) is 0 Å². The molecule has 2 aliphatic rings. The number of ether oxygens (including phenoxy) is 1. The molecule has 2 saturated heterocycles. The molecule has 1 N–H and O–H groups in total. The average molecular weight is 255 g/mol. The van der Waals surface area contributed by atoms with Crippen LogP contribution in [0.15, 0.2) is 0 Å². The Kier molecular flexibility index (Phi) is 5.41. The van der Waals surface area contributed by atoms with Crippen molar-refractivity contribution in [3.8, 4) is 0 Å². The molecule has 2 heterocycles. The molecule has 0 bridgehead atoms. The maximum Gasteiger partial charge on any atom is 0.234 e. The van der Waals surface area contributed by atoms with E-state index in [9.17, 15) is 4.79 Å². The van der Waals surface area contributed by atoms with E-state index >= 15 is 0 Å². The summed E-state index contributed by atoms with van der Waals surface area (Å²) in [5.41, 5.74) is 0. The van der Waals surface area contributed by atoms with E-state index in [1.165, 1.54) is 12.8 Å². The van der Waals surface area contributed by atoms with Gasteiger partial charge in [-0.15, -0.1) is 0 Å². The number of hydrogen-bond donors (Lipinski definition) is 1. The van der Waals surface area contributed by atoms with Crippen LogP contribution in [0.3, 0.4) is 0 Å². The van der Waals surface area contributed by atoms with Gasteiger partial charge in [0.2, 0.25) is 5.91 Å². The largest absolute Gasteiger partial charge is 0.379 e. The summed E-state index contributed by atoms with van der Waals surface area (Å²) in [5, 5.41) is 3.01. The van der Waals surface area contributed by atoms with Gasteiger partial charge >= 0.3 is 0 Å². The number of hydrogen-bond acceptors (Lipinski definition) is 4. The molecule has 0 aliphatic carbocycles. The molecule has 0 radical (unpaired) electrons. The van der Waals surface area contributed by atoms with Crippen LogP contribution in [0, 0.1) is 0 Å². The molecular weight excluding hydrogens is 230 g/mol. The van der Waals surface area contributed by atoms with Crippen molar-refractivity contribution >= 4 is 5.91 Å². The molecule has 18 heavy (non-hydrogen) atoms. The lowest BCUT2D eigenvalue weighted by molar-refractivity contribution is -0.122. The van der Waals surface area contributed by atoms with Crippen LogP contribution in [0.5, 0.6) is 0 Å². The molecular formula is C13H25N3O2. The monoisotopic (exact) mass is 255 g/mol. The standard InChI is InChI=1S/C13H25N3O2/c1-12-3-2-5-16(12)11-13(17)14-4-6-15-7-9-18-10-8-15/h12H,2-11H2,1H3,(H,14,17)/t12-/m1/s1. The normalized spacial score (nSPS) is 26.4. The molecule has 0 aromatic heterocycles. The van der Waals surface area contributed by atoms with Gasteiger partial charge in [-0.05, 0) is 26.3 Å². The fourth-order valence-corrected chi connectivity index (χ4v) is 2.65. The first kappa shape index (κ1) is 13.8. The Morgan fingerprint density at radius 1 is 1.33 bits per heavy atom. The molecule has 1 atom stereocenters. The topological polar surface area (TPSA) is 44.8 Å². The van der Waals surface area contributed by atoms with E-state index in [0.717, 1.165) is 45.9 Å². The SMILES string of the molecule is C[C@@H]1CCCN1CC(=O)NCCN1CCOCC1. The van der Waals surface area contributed by atoms with Gasteiger partial charge in [0.15, 0.2) is 0 Å². The van der Waals surface area contributed by atoms with Gasteiger partial charge in [-0.3, -0.25) is 14.6 Å². The Hall–Kier alpha value is -0.650. The van der Waals surface area contributed by atoms with Crippen molar-refractivity contribution in [1.82, 2.24) is 15.1 Å². The lowest BCUT2D eigenvalue weighted by Gasteiger charge is -2.26. The highest BCUT2D eigenvalue weighted by Crippen LogP contribution is 2.15. The van der Waals surface area contributed by atoms with E-state index in [1.54, 1.807) is 0 Å². The van der Waals surface area contributed by atoms with Crippen molar-refractivity contribution in [2.24, 2.45) is 0 Å². The number of likely N-dealkylation sites (tertiary alicyclic amines) is 1. The lowest BCUT2D eigenvalue weighted by atomic mass is 10.2. The van der Waals surface area contributed by atoms with Crippen LogP contribution in [-0.2, 0) is 9.53 Å². The number of carbonyl (C=O) groups excluding carboxylic acids is 1. The molecule has 0 unspecified atom stereocenters. The first-order chi connectivity index (χ1) is 8.75. The molecule has 0 spiro atoms. The molecule has 5 nitrogen and oxygen atoms in total. The third-order valence-corrected chi connectivity index (χ3v) is 3.89. The van der Waals surface area contributed by atoms with Crippen molar-refractivity contribution in [2.75, 3.05) is 52.5 Å². The predicted molar refractivity (Wildman–Crippen MR) is 70.5 cm³/mol. The minimum Gasteiger partial charge on any atom is -0.379 e. The predicted octanol–water partition coefficient (Wildman–Crippen LogP) is -0.0809. The van der Waals surface area contributed by atoms with Crippen LogP contribution < -0.4 is 5.32 Å². The second-order valence-electron chi connectivity index (χ2n) is 5.27. The minimum absolute atomic E-state index is 0.164. The van der Waals surface area contributed by atoms with E-state index < -0.39 is 0 Å². The second kappa shape index (κ2) is 7.07. The summed E-state index contributed by atoms with van der Waals surface area (Å²) < 4.78 is 5.29. The minimum atomic E-state index is 0.164. The van der Waals surface area contributed by atoms with Gasteiger partial charge < -0.3 is 10.1 Å². The van der Waals surface area contributed by atoms with E-state index in [1.807, 2.05) is 0 Å². The van der Waals surface area contributed by atoms with E-state index in [0.29, 0.717) is 12.6 Å². The maximum atomic E-state index is 11.8.